The number of Topliss-reactive ketones (excluding diaryl/α,β-unsaturated/α-hetero) is 1. The lowest BCUT2D eigenvalue weighted by Gasteiger charge is -2.40. The van der Waals surface area contributed by atoms with Crippen molar-refractivity contribution in [3.05, 3.63) is 0 Å². The van der Waals surface area contributed by atoms with Gasteiger partial charge in [-0.05, 0) is 108 Å². The average Bonchev–Trinajstić information content (AvgIpc) is 3.97. The summed E-state index contributed by atoms with van der Waals surface area (Å²) in [4.78, 5) is 69.6. The van der Waals surface area contributed by atoms with Crippen LogP contribution in [-0.4, -0.2) is 79.4 Å². The number of nitrogens with zero attached hydrogens (tertiary/aromatic N) is 1. The van der Waals surface area contributed by atoms with Crippen LogP contribution in [0.5, 0.6) is 0 Å². The molecule has 6 fully saturated rings. The van der Waals surface area contributed by atoms with Crippen molar-refractivity contribution in [1.82, 2.24) is 20.9 Å². The average molecular weight is 702 g/mol. The van der Waals surface area contributed by atoms with E-state index < -0.39 is 62.8 Å². The third kappa shape index (κ3) is 8.04. The molecule has 5 aliphatic carbocycles. The summed E-state index contributed by atoms with van der Waals surface area (Å²) in [5.74, 6) is -1.73. The second kappa shape index (κ2) is 14.3. The molecule has 0 aromatic carbocycles. The normalized spacial score (nSPS) is 29.4. The predicted molar refractivity (Wildman–Crippen MR) is 187 cm³/mol. The van der Waals surface area contributed by atoms with Gasteiger partial charge in [0.2, 0.25) is 17.6 Å². The molecule has 1 saturated heterocycles. The van der Waals surface area contributed by atoms with E-state index in [0.717, 1.165) is 103 Å². The number of rotatable bonds is 12. The van der Waals surface area contributed by atoms with Crippen molar-refractivity contribution in [1.29, 1.82) is 0 Å². The van der Waals surface area contributed by atoms with Gasteiger partial charge in [0.05, 0.1) is 11.6 Å². The predicted octanol–water partition coefficient (Wildman–Crippen LogP) is 3.84. The van der Waals surface area contributed by atoms with Crippen LogP contribution in [0, 0.1) is 29.1 Å². The van der Waals surface area contributed by atoms with Gasteiger partial charge >= 0.3 is 6.03 Å². The second-order valence-corrected chi connectivity index (χ2v) is 19.7. The maximum absolute atomic E-state index is 14.9. The first kappa shape index (κ1) is 36.3. The third-order valence-electron chi connectivity index (χ3n) is 13.0. The van der Waals surface area contributed by atoms with Crippen molar-refractivity contribution in [2.45, 2.75) is 158 Å². The van der Waals surface area contributed by atoms with E-state index >= 15 is 0 Å². The first-order valence-corrected chi connectivity index (χ1v) is 20.5. The number of amides is 5. The Morgan fingerprint density at radius 1 is 0.857 bits per heavy atom. The molecule has 12 heteroatoms. The number of urea groups is 1. The van der Waals surface area contributed by atoms with Crippen LogP contribution in [-0.2, 0) is 30.0 Å². The SMILES string of the molecule is CC(C)(C)S(=O)CC1(NC(=O)N[C@H](C(=O)N2C[C@H]3[C@H](CCC34CC4)[C@H]2C(=O)NC(CC2CC2)C(=O)C(N)=O)C2CCCCC2)CCCCC1. The van der Waals surface area contributed by atoms with Crippen LogP contribution in [0.2, 0.25) is 0 Å². The first-order valence-electron chi connectivity index (χ1n) is 19.1. The number of ketones is 1. The topological polar surface area (TPSA) is 168 Å². The highest BCUT2D eigenvalue weighted by Gasteiger charge is 2.64. The van der Waals surface area contributed by atoms with Gasteiger partial charge in [-0.15, -0.1) is 0 Å². The molecule has 2 unspecified atom stereocenters. The number of primary amides is 1. The van der Waals surface area contributed by atoms with Crippen LogP contribution in [0.3, 0.4) is 0 Å². The molecule has 6 aliphatic rings. The summed E-state index contributed by atoms with van der Waals surface area (Å²) in [6, 6.07) is -2.97. The van der Waals surface area contributed by atoms with Crippen LogP contribution in [0.1, 0.15) is 130 Å². The van der Waals surface area contributed by atoms with Crippen LogP contribution in [0.4, 0.5) is 4.79 Å². The zero-order valence-electron chi connectivity index (χ0n) is 29.9. The van der Waals surface area contributed by atoms with Gasteiger partial charge in [0.1, 0.15) is 12.1 Å². The molecule has 0 radical (unpaired) electrons. The number of fused-ring (bicyclic) bond motifs is 2. The monoisotopic (exact) mass is 701 g/mol. The van der Waals surface area contributed by atoms with Crippen LogP contribution in [0.25, 0.3) is 0 Å². The van der Waals surface area contributed by atoms with Crippen molar-refractivity contribution in [2.75, 3.05) is 12.3 Å². The lowest BCUT2D eigenvalue weighted by Crippen LogP contribution is -2.62. The quantitative estimate of drug-likeness (QED) is 0.226. The van der Waals surface area contributed by atoms with E-state index in [1.54, 1.807) is 4.90 Å². The van der Waals surface area contributed by atoms with E-state index in [9.17, 15) is 28.2 Å². The van der Waals surface area contributed by atoms with Crippen LogP contribution in [0.15, 0.2) is 0 Å². The largest absolute Gasteiger partial charge is 0.363 e. The highest BCUT2D eigenvalue weighted by atomic mass is 32.2. The van der Waals surface area contributed by atoms with Crippen LogP contribution < -0.4 is 21.7 Å². The van der Waals surface area contributed by atoms with Crippen molar-refractivity contribution in [3.63, 3.8) is 0 Å². The third-order valence-corrected chi connectivity index (χ3v) is 15.1. The summed E-state index contributed by atoms with van der Waals surface area (Å²) in [6.45, 7) is 6.33. The number of carbonyl (C=O) groups excluding carboxylic acids is 5. The lowest BCUT2D eigenvalue weighted by molar-refractivity contribution is -0.143. The highest BCUT2D eigenvalue weighted by Crippen LogP contribution is 2.66. The Morgan fingerprint density at radius 3 is 2.10 bits per heavy atom. The fourth-order valence-corrected chi connectivity index (χ4v) is 11.0. The van der Waals surface area contributed by atoms with E-state index in [4.69, 9.17) is 5.73 Å². The minimum atomic E-state index is -1.16. The minimum absolute atomic E-state index is 0.0320. The molecule has 6 atom stereocenters. The van der Waals surface area contributed by atoms with Gasteiger partial charge in [-0.25, -0.2) is 4.79 Å². The standard InChI is InChI=1S/C37H59N5O6S/c1-35(2,3)49(48)22-37(15-8-5-9-16-37)41-34(47)40-28(24-10-6-4-7-11-24)33(46)42-21-26-25(14-17-36(26)18-19-36)29(42)32(45)39-27(20-23-12-13-23)30(43)31(38)44/h23-29H,4-22H2,1-3H3,(H2,38,44)(H,39,45)(H2,40,41,47)/t25-,26-,27?,28-,29-,49?/m0/s1. The summed E-state index contributed by atoms with van der Waals surface area (Å²) in [7, 11) is -1.16. The molecule has 1 aliphatic heterocycles. The minimum Gasteiger partial charge on any atom is -0.363 e. The van der Waals surface area contributed by atoms with Gasteiger partial charge in [0, 0.05) is 27.8 Å². The van der Waals surface area contributed by atoms with Gasteiger partial charge in [0.25, 0.3) is 5.91 Å². The zero-order valence-corrected chi connectivity index (χ0v) is 30.7. The van der Waals surface area contributed by atoms with Crippen LogP contribution >= 0.6 is 0 Å². The molecule has 0 bridgehead atoms. The number of carbonyl (C=O) groups is 5. The Hall–Kier alpha value is -2.50. The van der Waals surface area contributed by atoms with E-state index in [-0.39, 0.29) is 35.0 Å². The van der Waals surface area contributed by atoms with Crippen molar-refractivity contribution >= 4 is 40.3 Å². The fourth-order valence-electron chi connectivity index (χ4n) is 9.70. The molecule has 1 heterocycles. The molecule has 5 amide bonds. The molecule has 1 spiro atoms. The van der Waals surface area contributed by atoms with Gasteiger partial charge in [-0.3, -0.25) is 23.4 Å². The highest BCUT2D eigenvalue weighted by molar-refractivity contribution is 7.86. The summed E-state index contributed by atoms with van der Waals surface area (Å²) < 4.78 is 12.9. The number of hydrogen-bond acceptors (Lipinski definition) is 6. The Balaban J connectivity index is 1.24. The Morgan fingerprint density at radius 2 is 1.51 bits per heavy atom. The van der Waals surface area contributed by atoms with Gasteiger partial charge in [-0.2, -0.15) is 0 Å². The molecule has 274 valence electrons. The molecule has 0 aromatic rings. The van der Waals surface area contributed by atoms with E-state index in [1.165, 1.54) is 0 Å². The van der Waals surface area contributed by atoms with E-state index in [2.05, 4.69) is 16.0 Å². The van der Waals surface area contributed by atoms with E-state index in [1.807, 2.05) is 20.8 Å². The summed E-state index contributed by atoms with van der Waals surface area (Å²) in [6.07, 6.45) is 15.5. The number of likely N-dealkylation sites (tertiary alicyclic amines) is 1. The van der Waals surface area contributed by atoms with Gasteiger partial charge in [-0.1, -0.05) is 51.4 Å². The van der Waals surface area contributed by atoms with E-state index in [0.29, 0.717) is 18.7 Å². The summed E-state index contributed by atoms with van der Waals surface area (Å²) in [5, 5.41) is 9.27. The Bertz CT molecular complexity index is 1330. The molecule has 6 rings (SSSR count). The number of nitrogens with one attached hydrogen (secondary N) is 3. The maximum atomic E-state index is 14.9. The van der Waals surface area contributed by atoms with Crippen molar-refractivity contribution < 1.29 is 28.2 Å². The van der Waals surface area contributed by atoms with Gasteiger partial charge < -0.3 is 26.6 Å². The first-order chi connectivity index (χ1) is 23.2. The number of hydrogen-bond donors (Lipinski definition) is 4. The molecule has 5 saturated carbocycles. The molecular weight excluding hydrogens is 643 g/mol. The zero-order chi connectivity index (χ0) is 35.1. The summed E-state index contributed by atoms with van der Waals surface area (Å²) in [5.41, 5.74) is 4.95. The molecule has 49 heavy (non-hydrogen) atoms. The van der Waals surface area contributed by atoms with Crippen molar-refractivity contribution in [2.24, 2.45) is 34.8 Å². The number of nitrogens with two attached hydrogens (primary N) is 1. The van der Waals surface area contributed by atoms with Crippen molar-refractivity contribution in [3.8, 4) is 0 Å². The summed E-state index contributed by atoms with van der Waals surface area (Å²) >= 11 is 0. The van der Waals surface area contributed by atoms with Gasteiger partial charge in [0.15, 0.2) is 0 Å². The maximum Gasteiger partial charge on any atom is 0.315 e. The fraction of sp³-hybridized carbons (Fsp3) is 0.865. The Labute approximate surface area is 294 Å². The lowest BCUT2D eigenvalue weighted by atomic mass is 9.82. The molecular formula is C37H59N5O6S. The molecule has 5 N–H and O–H groups in total. The Kier molecular flexibility index (Phi) is 10.6. The second-order valence-electron chi connectivity index (χ2n) is 17.5. The molecule has 0 aromatic heterocycles. The molecule has 11 nitrogen and oxygen atoms in total. The smallest absolute Gasteiger partial charge is 0.315 e.